The molecule has 0 aliphatic rings. The number of aromatic amines is 1. The molecule has 0 aliphatic carbocycles. The van der Waals surface area contributed by atoms with Crippen molar-refractivity contribution in [3.8, 4) is 0 Å². The lowest BCUT2D eigenvalue weighted by molar-refractivity contribution is -0.133. The molecule has 0 aromatic carbocycles. The van der Waals surface area contributed by atoms with Gasteiger partial charge < -0.3 is 5.32 Å². The van der Waals surface area contributed by atoms with Crippen LogP contribution in [0.1, 0.15) is 0 Å². The van der Waals surface area contributed by atoms with Crippen LogP contribution < -0.4 is 10.6 Å². The van der Waals surface area contributed by atoms with Crippen molar-refractivity contribution in [1.82, 2.24) is 20.2 Å². The van der Waals surface area contributed by atoms with E-state index in [0.717, 1.165) is 0 Å². The molecule has 2 amide bonds. The second-order valence-electron chi connectivity index (χ2n) is 2.96. The van der Waals surface area contributed by atoms with E-state index >= 15 is 0 Å². The van der Waals surface area contributed by atoms with Crippen LogP contribution in [0.4, 0.5) is 11.8 Å². The number of nitrogens with one attached hydrogen (secondary N) is 3. The van der Waals surface area contributed by atoms with Crippen molar-refractivity contribution in [1.29, 1.82) is 0 Å². The standard InChI is InChI=1S/C9H8N6O2/c16-7(13-6-3-1-2-4-10-6)8(17)14-9-11-5-12-15-9/h1-5H,(H,10,13,16)(H2,11,12,14,15,17). The van der Waals surface area contributed by atoms with Crippen LogP contribution in [-0.4, -0.2) is 32.0 Å². The summed E-state index contributed by atoms with van der Waals surface area (Å²) in [6.07, 6.45) is 2.72. The van der Waals surface area contributed by atoms with Crippen LogP contribution in [0.2, 0.25) is 0 Å². The number of H-pyrrole nitrogens is 1. The first-order valence-electron chi connectivity index (χ1n) is 4.64. The number of carbonyl (C=O) groups is 2. The van der Waals surface area contributed by atoms with Gasteiger partial charge in [0.05, 0.1) is 0 Å². The Labute approximate surface area is 95.5 Å². The largest absolute Gasteiger partial charge is 0.316 e. The Hall–Kier alpha value is -2.77. The summed E-state index contributed by atoms with van der Waals surface area (Å²) in [6.45, 7) is 0. The van der Waals surface area contributed by atoms with E-state index in [0.29, 0.717) is 5.82 Å². The summed E-state index contributed by atoms with van der Waals surface area (Å²) in [5, 5.41) is 10.5. The predicted octanol–water partition coefficient (Wildman–Crippen LogP) is -0.223. The molecule has 0 unspecified atom stereocenters. The van der Waals surface area contributed by atoms with Crippen LogP contribution in [0.15, 0.2) is 30.7 Å². The zero-order valence-electron chi connectivity index (χ0n) is 8.54. The Morgan fingerprint density at radius 2 is 1.94 bits per heavy atom. The monoisotopic (exact) mass is 232 g/mol. The van der Waals surface area contributed by atoms with E-state index in [1.165, 1.54) is 12.5 Å². The molecule has 17 heavy (non-hydrogen) atoms. The first kappa shape index (κ1) is 10.7. The molecule has 86 valence electrons. The Morgan fingerprint density at radius 3 is 2.59 bits per heavy atom. The van der Waals surface area contributed by atoms with Gasteiger partial charge in [-0.3, -0.25) is 14.9 Å². The number of aromatic nitrogens is 4. The Kier molecular flexibility index (Phi) is 3.05. The molecule has 0 bridgehead atoms. The molecule has 0 aliphatic heterocycles. The van der Waals surface area contributed by atoms with E-state index in [-0.39, 0.29) is 5.95 Å². The zero-order valence-corrected chi connectivity index (χ0v) is 8.54. The molecular weight excluding hydrogens is 224 g/mol. The smallest absolute Gasteiger partial charge is 0.302 e. The van der Waals surface area contributed by atoms with Crippen molar-refractivity contribution in [3.63, 3.8) is 0 Å². The third-order valence-electron chi connectivity index (χ3n) is 1.76. The molecule has 8 nitrogen and oxygen atoms in total. The second kappa shape index (κ2) is 4.84. The van der Waals surface area contributed by atoms with E-state index < -0.39 is 11.8 Å². The molecule has 3 N–H and O–H groups in total. The number of nitrogens with zero attached hydrogens (tertiary/aromatic N) is 3. The molecule has 2 aromatic rings. The average molecular weight is 232 g/mol. The molecule has 0 saturated carbocycles. The fourth-order valence-corrected chi connectivity index (χ4v) is 1.04. The number of pyridine rings is 1. The minimum absolute atomic E-state index is 0.103. The summed E-state index contributed by atoms with van der Waals surface area (Å²) in [6, 6.07) is 4.96. The molecular formula is C9H8N6O2. The summed E-state index contributed by atoms with van der Waals surface area (Å²) in [5.41, 5.74) is 0. The maximum absolute atomic E-state index is 11.4. The van der Waals surface area contributed by atoms with Crippen LogP contribution in [0.25, 0.3) is 0 Å². The maximum atomic E-state index is 11.4. The quantitative estimate of drug-likeness (QED) is 0.619. The second-order valence-corrected chi connectivity index (χ2v) is 2.96. The Morgan fingerprint density at radius 1 is 1.12 bits per heavy atom. The van der Waals surface area contributed by atoms with Gasteiger partial charge in [0.25, 0.3) is 0 Å². The minimum atomic E-state index is -0.854. The third-order valence-corrected chi connectivity index (χ3v) is 1.76. The van der Waals surface area contributed by atoms with Gasteiger partial charge in [0.15, 0.2) is 0 Å². The minimum Gasteiger partial charge on any atom is -0.302 e. The van der Waals surface area contributed by atoms with E-state index in [2.05, 4.69) is 30.8 Å². The predicted molar refractivity (Wildman–Crippen MR) is 57.9 cm³/mol. The number of hydrogen-bond donors (Lipinski definition) is 3. The molecule has 2 aromatic heterocycles. The lowest BCUT2D eigenvalue weighted by Crippen LogP contribution is -2.29. The van der Waals surface area contributed by atoms with E-state index in [1.807, 2.05) is 0 Å². The van der Waals surface area contributed by atoms with Gasteiger partial charge >= 0.3 is 11.8 Å². The fraction of sp³-hybridized carbons (Fsp3) is 0. The van der Waals surface area contributed by atoms with Gasteiger partial charge in [-0.05, 0) is 12.1 Å². The van der Waals surface area contributed by atoms with Gasteiger partial charge in [-0.2, -0.15) is 10.1 Å². The molecule has 0 atom stereocenters. The first-order valence-corrected chi connectivity index (χ1v) is 4.64. The van der Waals surface area contributed by atoms with Crippen LogP contribution in [0, 0.1) is 0 Å². The van der Waals surface area contributed by atoms with E-state index in [1.54, 1.807) is 18.2 Å². The Balaban J connectivity index is 1.94. The summed E-state index contributed by atoms with van der Waals surface area (Å²) in [4.78, 5) is 30.3. The van der Waals surface area contributed by atoms with Crippen LogP contribution in [-0.2, 0) is 9.59 Å². The van der Waals surface area contributed by atoms with E-state index in [9.17, 15) is 9.59 Å². The lowest BCUT2D eigenvalue weighted by Gasteiger charge is -2.02. The number of amides is 2. The fourth-order valence-electron chi connectivity index (χ4n) is 1.04. The summed E-state index contributed by atoms with van der Waals surface area (Å²) < 4.78 is 0. The van der Waals surface area contributed by atoms with Crippen LogP contribution >= 0.6 is 0 Å². The third kappa shape index (κ3) is 2.84. The molecule has 0 radical (unpaired) electrons. The highest BCUT2D eigenvalue weighted by Gasteiger charge is 2.15. The van der Waals surface area contributed by atoms with Crippen molar-refractivity contribution in [3.05, 3.63) is 30.7 Å². The Bertz CT molecular complexity index is 510. The molecule has 2 heterocycles. The highest BCUT2D eigenvalue weighted by atomic mass is 16.2. The van der Waals surface area contributed by atoms with Gasteiger partial charge in [0, 0.05) is 6.20 Å². The normalized spacial score (nSPS) is 9.65. The number of carbonyl (C=O) groups excluding carboxylic acids is 2. The molecule has 0 saturated heterocycles. The molecule has 0 fully saturated rings. The van der Waals surface area contributed by atoms with Gasteiger partial charge in [-0.25, -0.2) is 10.1 Å². The zero-order chi connectivity index (χ0) is 12.1. The first-order chi connectivity index (χ1) is 8.25. The molecule has 0 spiro atoms. The van der Waals surface area contributed by atoms with Crippen molar-refractivity contribution in [2.75, 3.05) is 10.6 Å². The van der Waals surface area contributed by atoms with Gasteiger partial charge in [0.1, 0.15) is 12.1 Å². The highest BCUT2D eigenvalue weighted by molar-refractivity contribution is 6.43. The SMILES string of the molecule is O=C(Nc1ccccn1)C(=O)Nc1ncn[nH]1. The molecule has 2 rings (SSSR count). The average Bonchev–Trinajstić information content (AvgIpc) is 2.83. The van der Waals surface area contributed by atoms with Crippen molar-refractivity contribution in [2.24, 2.45) is 0 Å². The van der Waals surface area contributed by atoms with Crippen LogP contribution in [0.5, 0.6) is 0 Å². The van der Waals surface area contributed by atoms with E-state index in [4.69, 9.17) is 0 Å². The number of anilines is 2. The summed E-state index contributed by atoms with van der Waals surface area (Å²) in [5.74, 6) is -1.29. The van der Waals surface area contributed by atoms with Gasteiger partial charge in [-0.1, -0.05) is 6.07 Å². The lowest BCUT2D eigenvalue weighted by atomic mass is 10.4. The maximum Gasteiger partial charge on any atom is 0.316 e. The van der Waals surface area contributed by atoms with Crippen molar-refractivity contribution < 1.29 is 9.59 Å². The van der Waals surface area contributed by atoms with Gasteiger partial charge in [0.2, 0.25) is 5.95 Å². The molecule has 8 heteroatoms. The summed E-state index contributed by atoms with van der Waals surface area (Å²) >= 11 is 0. The highest BCUT2D eigenvalue weighted by Crippen LogP contribution is 2.00. The van der Waals surface area contributed by atoms with Gasteiger partial charge in [-0.15, -0.1) is 0 Å². The number of rotatable bonds is 2. The van der Waals surface area contributed by atoms with Crippen molar-refractivity contribution in [2.45, 2.75) is 0 Å². The van der Waals surface area contributed by atoms with Crippen LogP contribution in [0.3, 0.4) is 0 Å². The summed E-state index contributed by atoms with van der Waals surface area (Å²) in [7, 11) is 0. The van der Waals surface area contributed by atoms with Crippen molar-refractivity contribution >= 4 is 23.6 Å². The number of hydrogen-bond acceptors (Lipinski definition) is 5. The topological polar surface area (TPSA) is 113 Å².